The zero-order chi connectivity index (χ0) is 32.1. The number of aliphatic hydroxyl groups excluding tert-OH is 3. The molecule has 0 saturated carbocycles. The number of ether oxygens (including phenoxy) is 5. The van der Waals surface area contributed by atoms with Crippen LogP contribution in [0.1, 0.15) is 104 Å². The topological polar surface area (TPSA) is 188 Å². The van der Waals surface area contributed by atoms with Crippen LogP contribution in [0, 0.1) is 0 Å². The highest BCUT2D eigenvalue weighted by Crippen LogP contribution is 2.04. The number of aliphatic hydroxyl groups is 3. The second kappa shape index (κ2) is 39.0. The molecule has 13 nitrogen and oxygen atoms in total. The van der Waals surface area contributed by atoms with Gasteiger partial charge in [0.05, 0.1) is 46.2 Å². The largest absolute Gasteiger partial charge is 0.508 e. The van der Waals surface area contributed by atoms with Crippen LogP contribution in [0.15, 0.2) is 0 Å². The van der Waals surface area contributed by atoms with Crippen LogP contribution in [0.2, 0.25) is 0 Å². The Bertz CT molecular complexity index is 554. The molecule has 13 heteroatoms. The maximum absolute atomic E-state index is 11.1. The average molecular weight is 615 g/mol. The summed E-state index contributed by atoms with van der Waals surface area (Å²) in [4.78, 5) is 37.0. The maximum Gasteiger partial charge on any atom is 0.508 e. The maximum atomic E-state index is 11.1. The van der Waals surface area contributed by atoms with E-state index >= 15 is 0 Å². The van der Waals surface area contributed by atoms with Crippen LogP contribution in [-0.2, 0) is 38.2 Å². The molecule has 0 bridgehead atoms. The van der Waals surface area contributed by atoms with Crippen molar-refractivity contribution < 1.29 is 63.5 Å². The van der Waals surface area contributed by atoms with Gasteiger partial charge in [-0.1, -0.05) is 39.5 Å². The summed E-state index contributed by atoms with van der Waals surface area (Å²) in [6, 6.07) is 0. The van der Waals surface area contributed by atoms with Crippen molar-refractivity contribution in [2.75, 3.05) is 59.5 Å². The molecule has 0 radical (unpaired) electrons. The molecule has 252 valence electrons. The fourth-order valence-corrected chi connectivity index (χ4v) is 2.85. The number of hydrogen-bond acceptors (Lipinski definition) is 13. The fourth-order valence-electron chi connectivity index (χ4n) is 2.85. The van der Waals surface area contributed by atoms with Crippen molar-refractivity contribution in [3.8, 4) is 0 Å². The highest BCUT2D eigenvalue weighted by atomic mass is 17.1. The molecule has 0 amide bonds. The van der Waals surface area contributed by atoms with Gasteiger partial charge in [-0.15, -0.1) is 0 Å². The van der Waals surface area contributed by atoms with E-state index in [1.165, 1.54) is 12.8 Å². The minimum Gasteiger partial charge on any atom is -0.466 e. The van der Waals surface area contributed by atoms with Gasteiger partial charge >= 0.3 is 18.1 Å². The Morgan fingerprint density at radius 1 is 0.571 bits per heavy atom. The number of carbonyl (C=O) groups excluding carboxylic acids is 3. The zero-order valence-corrected chi connectivity index (χ0v) is 26.1. The molecule has 0 aromatic carbocycles. The molecule has 0 heterocycles. The lowest BCUT2D eigenvalue weighted by Gasteiger charge is -2.05. The highest BCUT2D eigenvalue weighted by Gasteiger charge is 2.05. The summed E-state index contributed by atoms with van der Waals surface area (Å²) in [5.74, 6) is -0.554. The fraction of sp³-hybridized carbons (Fsp3) is 0.897. The van der Waals surface area contributed by atoms with E-state index in [4.69, 9.17) is 39.5 Å². The van der Waals surface area contributed by atoms with Crippen molar-refractivity contribution in [2.45, 2.75) is 110 Å². The highest BCUT2D eigenvalue weighted by molar-refractivity contribution is 5.70. The molecule has 0 aliphatic rings. The SMILES string of the molecule is CC(COCCO)OO.CCCCCCOC(=O)OCCCCCCO.CCCOC(=O)CCCCC(=O)OCCO. The Balaban J connectivity index is -0.000000569. The van der Waals surface area contributed by atoms with E-state index in [0.29, 0.717) is 45.7 Å². The summed E-state index contributed by atoms with van der Waals surface area (Å²) in [5.41, 5.74) is 0. The van der Waals surface area contributed by atoms with Crippen LogP contribution in [0.5, 0.6) is 0 Å². The molecule has 0 aliphatic heterocycles. The number of carbonyl (C=O) groups is 3. The lowest BCUT2D eigenvalue weighted by molar-refractivity contribution is -0.282. The second-order valence-electron chi connectivity index (χ2n) is 9.23. The standard InChI is InChI=1S/C13H26O4.C11H20O5.C5H12O4/c1-2-3-4-8-11-16-13(15)17-12-9-6-5-7-10-14;1-2-8-15-10(13)5-3-4-6-11(14)16-9-7-12;1-5(9-7)4-8-3-2-6/h14H,2-12H2,1H3;12H,2-9H2,1H3;5-7H,2-4H2,1H3. The van der Waals surface area contributed by atoms with E-state index in [1.807, 2.05) is 6.92 Å². The molecule has 0 aromatic rings. The van der Waals surface area contributed by atoms with Crippen molar-refractivity contribution in [3.05, 3.63) is 0 Å². The molecule has 0 fully saturated rings. The summed E-state index contributed by atoms with van der Waals surface area (Å²) < 4.78 is 24.2. The number of rotatable bonds is 25. The first kappa shape index (κ1) is 44.4. The number of hydrogen-bond donors (Lipinski definition) is 4. The summed E-state index contributed by atoms with van der Waals surface area (Å²) in [6.45, 7) is 7.78. The van der Waals surface area contributed by atoms with Crippen LogP contribution in [0.4, 0.5) is 4.79 Å². The summed E-state index contributed by atoms with van der Waals surface area (Å²) >= 11 is 0. The Hall–Kier alpha value is -2.03. The monoisotopic (exact) mass is 614 g/mol. The van der Waals surface area contributed by atoms with Crippen molar-refractivity contribution in [3.63, 3.8) is 0 Å². The predicted octanol–water partition coefficient (Wildman–Crippen LogP) is 4.18. The van der Waals surface area contributed by atoms with Crippen molar-refractivity contribution >= 4 is 18.1 Å². The van der Waals surface area contributed by atoms with Crippen molar-refractivity contribution in [1.82, 2.24) is 0 Å². The van der Waals surface area contributed by atoms with Crippen LogP contribution in [-0.4, -0.2) is 104 Å². The number of unbranched alkanes of at least 4 members (excludes halogenated alkanes) is 7. The van der Waals surface area contributed by atoms with Gasteiger partial charge in [0.15, 0.2) is 0 Å². The van der Waals surface area contributed by atoms with Crippen molar-refractivity contribution in [1.29, 1.82) is 0 Å². The Morgan fingerprint density at radius 2 is 1.10 bits per heavy atom. The van der Waals surface area contributed by atoms with Crippen LogP contribution in [0.3, 0.4) is 0 Å². The minimum atomic E-state index is -0.552. The van der Waals surface area contributed by atoms with Gasteiger partial charge in [-0.25, -0.2) is 9.68 Å². The summed E-state index contributed by atoms with van der Waals surface area (Å²) in [5, 5.41) is 33.2. The molecule has 0 aromatic heterocycles. The van der Waals surface area contributed by atoms with Gasteiger partial charge in [0.2, 0.25) is 0 Å². The van der Waals surface area contributed by atoms with E-state index in [9.17, 15) is 14.4 Å². The predicted molar refractivity (Wildman–Crippen MR) is 156 cm³/mol. The lowest BCUT2D eigenvalue weighted by Crippen LogP contribution is -2.15. The molecular weight excluding hydrogens is 556 g/mol. The molecule has 0 saturated heterocycles. The first-order chi connectivity index (χ1) is 20.3. The van der Waals surface area contributed by atoms with Gasteiger partial charge in [-0.05, 0) is 51.9 Å². The third-order valence-electron chi connectivity index (χ3n) is 5.09. The summed E-state index contributed by atoms with van der Waals surface area (Å²) in [7, 11) is 0. The molecule has 1 unspecified atom stereocenters. The van der Waals surface area contributed by atoms with Crippen molar-refractivity contribution in [2.24, 2.45) is 0 Å². The molecule has 42 heavy (non-hydrogen) atoms. The Kier molecular flexibility index (Phi) is 41.2. The van der Waals surface area contributed by atoms with Gasteiger partial charge in [0.25, 0.3) is 0 Å². The summed E-state index contributed by atoms with van der Waals surface area (Å²) in [6.07, 6.45) is 9.78. The molecule has 1 atom stereocenters. The van der Waals surface area contributed by atoms with Gasteiger partial charge in [-0.2, -0.15) is 0 Å². The Labute approximate surface area is 251 Å². The third-order valence-corrected chi connectivity index (χ3v) is 5.09. The van der Waals surface area contributed by atoms with Gasteiger partial charge in [0, 0.05) is 19.4 Å². The number of esters is 2. The molecule has 4 N–H and O–H groups in total. The molecule has 0 spiro atoms. The zero-order valence-electron chi connectivity index (χ0n) is 26.1. The lowest BCUT2D eigenvalue weighted by atomic mass is 10.2. The minimum absolute atomic E-state index is 0.00184. The van der Waals surface area contributed by atoms with Crippen LogP contribution < -0.4 is 0 Å². The molecule has 0 aliphatic carbocycles. The van der Waals surface area contributed by atoms with Gasteiger partial charge < -0.3 is 39.0 Å². The smallest absolute Gasteiger partial charge is 0.466 e. The van der Waals surface area contributed by atoms with E-state index < -0.39 is 6.16 Å². The third kappa shape index (κ3) is 42.4. The Morgan fingerprint density at radius 3 is 1.57 bits per heavy atom. The molecule has 0 rings (SSSR count). The van der Waals surface area contributed by atoms with Gasteiger partial charge in [-0.3, -0.25) is 14.8 Å². The van der Waals surface area contributed by atoms with E-state index in [0.717, 1.165) is 44.9 Å². The normalized spacial score (nSPS) is 10.8. The first-order valence-corrected chi connectivity index (χ1v) is 15.1. The van der Waals surface area contributed by atoms with Gasteiger partial charge in [0.1, 0.15) is 12.7 Å². The first-order valence-electron chi connectivity index (χ1n) is 15.1. The molecular formula is C29H58O13. The van der Waals surface area contributed by atoms with E-state index in [1.54, 1.807) is 6.92 Å². The average Bonchev–Trinajstić information content (AvgIpc) is 2.99. The second-order valence-corrected chi connectivity index (χ2v) is 9.23. The van der Waals surface area contributed by atoms with Crippen LogP contribution >= 0.6 is 0 Å². The van der Waals surface area contributed by atoms with E-state index in [2.05, 4.69) is 16.5 Å². The van der Waals surface area contributed by atoms with Crippen LogP contribution in [0.25, 0.3) is 0 Å². The van der Waals surface area contributed by atoms with E-state index in [-0.39, 0.29) is 57.5 Å². The quantitative estimate of drug-likeness (QED) is 0.0377.